The number of nitrogens with zero attached hydrogens (tertiary/aromatic N) is 4. The highest BCUT2D eigenvalue weighted by Gasteiger charge is 2.04. The zero-order valence-corrected chi connectivity index (χ0v) is 8.58. The number of aromatic nitrogens is 3. The van der Waals surface area contributed by atoms with E-state index in [1.54, 1.807) is 12.3 Å². The summed E-state index contributed by atoms with van der Waals surface area (Å²) in [5, 5.41) is 12.8. The van der Waals surface area contributed by atoms with E-state index in [1.165, 1.54) is 17.1 Å². The molecule has 0 radical (unpaired) electrons. The van der Waals surface area contributed by atoms with Gasteiger partial charge in [0.1, 0.15) is 6.07 Å². The second-order valence-corrected chi connectivity index (χ2v) is 3.31. The first kappa shape index (κ1) is 10.1. The maximum atomic E-state index is 10.5. The molecule has 5 heteroatoms. The third-order valence-electron chi connectivity index (χ3n) is 2.19. The lowest BCUT2D eigenvalue weighted by Crippen LogP contribution is -1.99. The molecule has 0 saturated heterocycles. The molecule has 16 heavy (non-hydrogen) atoms. The van der Waals surface area contributed by atoms with E-state index in [1.807, 2.05) is 13.0 Å². The van der Waals surface area contributed by atoms with E-state index in [9.17, 15) is 4.79 Å². The predicted molar refractivity (Wildman–Crippen MR) is 56.2 cm³/mol. The summed E-state index contributed by atoms with van der Waals surface area (Å²) in [6.45, 7) is 1.83. The van der Waals surface area contributed by atoms with Crippen molar-refractivity contribution in [3.8, 4) is 11.9 Å². The summed E-state index contributed by atoms with van der Waals surface area (Å²) < 4.78 is 1.50. The van der Waals surface area contributed by atoms with Gasteiger partial charge in [0, 0.05) is 12.4 Å². The van der Waals surface area contributed by atoms with Gasteiger partial charge in [0.25, 0.3) is 0 Å². The smallest absolute Gasteiger partial charge is 0.153 e. The number of nitriles is 1. The summed E-state index contributed by atoms with van der Waals surface area (Å²) >= 11 is 0. The molecule has 0 aromatic carbocycles. The summed E-state index contributed by atoms with van der Waals surface area (Å²) in [6.07, 6.45) is 5.26. The highest BCUT2D eigenvalue weighted by Crippen LogP contribution is 2.10. The van der Waals surface area contributed by atoms with E-state index in [-0.39, 0.29) is 0 Å². The van der Waals surface area contributed by atoms with Gasteiger partial charge in [-0.25, -0.2) is 9.67 Å². The summed E-state index contributed by atoms with van der Waals surface area (Å²) in [4.78, 5) is 14.6. The first-order valence-electron chi connectivity index (χ1n) is 4.61. The van der Waals surface area contributed by atoms with Gasteiger partial charge in [-0.15, -0.1) is 0 Å². The second-order valence-electron chi connectivity index (χ2n) is 3.31. The molecule has 78 valence electrons. The SMILES string of the molecule is Cc1cc(-n2cc(C=O)cn2)ncc1C#N. The highest BCUT2D eigenvalue weighted by atomic mass is 16.1. The highest BCUT2D eigenvalue weighted by molar-refractivity contribution is 5.73. The number of aldehydes is 1. The van der Waals surface area contributed by atoms with E-state index >= 15 is 0 Å². The number of rotatable bonds is 2. The van der Waals surface area contributed by atoms with Crippen molar-refractivity contribution in [2.75, 3.05) is 0 Å². The maximum Gasteiger partial charge on any atom is 0.153 e. The van der Waals surface area contributed by atoms with Crippen molar-refractivity contribution in [3.05, 3.63) is 41.3 Å². The van der Waals surface area contributed by atoms with Crippen LogP contribution in [0.2, 0.25) is 0 Å². The third kappa shape index (κ3) is 1.68. The van der Waals surface area contributed by atoms with Gasteiger partial charge in [-0.3, -0.25) is 4.79 Å². The van der Waals surface area contributed by atoms with E-state index in [4.69, 9.17) is 5.26 Å². The summed E-state index contributed by atoms with van der Waals surface area (Å²) in [5.41, 5.74) is 1.85. The average Bonchev–Trinajstić information content (AvgIpc) is 2.77. The zero-order chi connectivity index (χ0) is 11.5. The van der Waals surface area contributed by atoms with Gasteiger partial charge in [-0.2, -0.15) is 10.4 Å². The molecule has 2 heterocycles. The Bertz CT molecular complexity index is 580. The number of hydrogen-bond acceptors (Lipinski definition) is 4. The third-order valence-corrected chi connectivity index (χ3v) is 2.19. The lowest BCUT2D eigenvalue weighted by molar-refractivity contribution is 0.112. The lowest BCUT2D eigenvalue weighted by atomic mass is 10.2. The minimum Gasteiger partial charge on any atom is -0.298 e. The van der Waals surface area contributed by atoms with E-state index in [0.29, 0.717) is 16.9 Å². The molecule has 0 aliphatic carbocycles. The Balaban J connectivity index is 2.45. The summed E-state index contributed by atoms with van der Waals surface area (Å²) in [6, 6.07) is 3.79. The molecule has 0 saturated carbocycles. The molecule has 0 aliphatic heterocycles. The predicted octanol–water partition coefficient (Wildman–Crippen LogP) is 1.26. The average molecular weight is 212 g/mol. The first-order chi connectivity index (χ1) is 7.74. The van der Waals surface area contributed by atoms with Gasteiger partial charge in [-0.1, -0.05) is 0 Å². The molecule has 0 spiro atoms. The Morgan fingerprint density at radius 1 is 1.50 bits per heavy atom. The Kier molecular flexibility index (Phi) is 2.48. The molecule has 2 aromatic heterocycles. The van der Waals surface area contributed by atoms with Crippen LogP contribution in [-0.2, 0) is 0 Å². The molecule has 0 fully saturated rings. The molecule has 0 amide bonds. The van der Waals surface area contributed by atoms with Crippen LogP contribution in [0.5, 0.6) is 0 Å². The molecule has 0 bridgehead atoms. The molecule has 2 aromatic rings. The van der Waals surface area contributed by atoms with Crippen LogP contribution >= 0.6 is 0 Å². The van der Waals surface area contributed by atoms with Crippen LogP contribution in [-0.4, -0.2) is 21.1 Å². The van der Waals surface area contributed by atoms with Crippen LogP contribution in [0.25, 0.3) is 5.82 Å². The van der Waals surface area contributed by atoms with Gasteiger partial charge in [-0.05, 0) is 18.6 Å². The number of carbonyl (C=O) groups excluding carboxylic acids is 1. The largest absolute Gasteiger partial charge is 0.298 e. The number of carbonyl (C=O) groups is 1. The second kappa shape index (κ2) is 3.95. The van der Waals surface area contributed by atoms with Crippen LogP contribution in [0.15, 0.2) is 24.7 Å². The molecule has 2 rings (SSSR count). The molecular formula is C11H8N4O. The molecule has 0 unspecified atom stereocenters. The van der Waals surface area contributed by atoms with Crippen molar-refractivity contribution in [2.45, 2.75) is 6.92 Å². The van der Waals surface area contributed by atoms with Crippen LogP contribution < -0.4 is 0 Å². The van der Waals surface area contributed by atoms with Crippen molar-refractivity contribution < 1.29 is 4.79 Å². The monoisotopic (exact) mass is 212 g/mol. The molecule has 0 N–H and O–H groups in total. The van der Waals surface area contributed by atoms with Crippen LogP contribution in [0.1, 0.15) is 21.5 Å². The van der Waals surface area contributed by atoms with Crippen molar-refractivity contribution >= 4 is 6.29 Å². The summed E-state index contributed by atoms with van der Waals surface area (Å²) in [5.74, 6) is 0.588. The fourth-order valence-corrected chi connectivity index (χ4v) is 1.31. The minimum atomic E-state index is 0.490. The van der Waals surface area contributed by atoms with E-state index < -0.39 is 0 Å². The Labute approximate surface area is 92.0 Å². The van der Waals surface area contributed by atoms with Crippen molar-refractivity contribution in [2.24, 2.45) is 0 Å². The number of pyridine rings is 1. The molecule has 5 nitrogen and oxygen atoms in total. The fourth-order valence-electron chi connectivity index (χ4n) is 1.31. The molecule has 0 aliphatic rings. The van der Waals surface area contributed by atoms with Gasteiger partial charge in [0.05, 0.1) is 17.3 Å². The molecule has 0 atom stereocenters. The van der Waals surface area contributed by atoms with Crippen LogP contribution in [0, 0.1) is 18.3 Å². The van der Waals surface area contributed by atoms with Gasteiger partial charge >= 0.3 is 0 Å². The summed E-state index contributed by atoms with van der Waals surface area (Å²) in [7, 11) is 0. The van der Waals surface area contributed by atoms with Gasteiger partial charge < -0.3 is 0 Å². The normalized spacial score (nSPS) is 9.75. The van der Waals surface area contributed by atoms with Crippen LogP contribution in [0.3, 0.4) is 0 Å². The topological polar surface area (TPSA) is 71.6 Å². The Hall–Kier alpha value is -2.48. The van der Waals surface area contributed by atoms with Gasteiger partial charge in [0.2, 0.25) is 0 Å². The lowest BCUT2D eigenvalue weighted by Gasteiger charge is -2.02. The number of aryl methyl sites for hydroxylation is 1. The molecular weight excluding hydrogens is 204 g/mol. The Morgan fingerprint density at radius 2 is 2.31 bits per heavy atom. The van der Waals surface area contributed by atoms with Crippen molar-refractivity contribution in [1.82, 2.24) is 14.8 Å². The first-order valence-corrected chi connectivity index (χ1v) is 4.61. The van der Waals surface area contributed by atoms with Gasteiger partial charge in [0.15, 0.2) is 12.1 Å². The Morgan fingerprint density at radius 3 is 2.88 bits per heavy atom. The number of hydrogen-bond donors (Lipinski definition) is 0. The fraction of sp³-hybridized carbons (Fsp3) is 0.0909. The van der Waals surface area contributed by atoms with Crippen molar-refractivity contribution in [3.63, 3.8) is 0 Å². The van der Waals surface area contributed by atoms with E-state index in [0.717, 1.165) is 11.8 Å². The standard InChI is InChI=1S/C11H8N4O/c1-8-2-11(13-5-10(8)3-12)15-6-9(7-16)4-14-15/h2,4-7H,1H3. The maximum absolute atomic E-state index is 10.5. The minimum absolute atomic E-state index is 0.490. The van der Waals surface area contributed by atoms with Crippen molar-refractivity contribution in [1.29, 1.82) is 5.26 Å². The zero-order valence-electron chi connectivity index (χ0n) is 8.58. The van der Waals surface area contributed by atoms with E-state index in [2.05, 4.69) is 10.1 Å². The quantitative estimate of drug-likeness (QED) is 0.702. The van der Waals surface area contributed by atoms with Crippen LogP contribution in [0.4, 0.5) is 0 Å².